The second kappa shape index (κ2) is 8.39. The molecule has 0 spiro atoms. The van der Waals surface area contributed by atoms with Crippen LogP contribution >= 0.6 is 23.2 Å². The molecule has 0 aromatic heterocycles. The van der Waals surface area contributed by atoms with Crippen LogP contribution in [0.25, 0.3) is 0 Å². The SMILES string of the molecule is O=C(COCC1CCCO1)N1CCN(c2ccc(Cl)c(Cl)c2)CC1. The van der Waals surface area contributed by atoms with Gasteiger partial charge >= 0.3 is 0 Å². The first-order valence-corrected chi connectivity index (χ1v) is 9.06. The molecule has 0 N–H and O–H groups in total. The highest BCUT2D eigenvalue weighted by atomic mass is 35.5. The third kappa shape index (κ3) is 4.54. The zero-order valence-electron chi connectivity index (χ0n) is 13.5. The normalized spacial score (nSPS) is 21.3. The summed E-state index contributed by atoms with van der Waals surface area (Å²) in [4.78, 5) is 16.3. The lowest BCUT2D eigenvalue weighted by molar-refractivity contribution is -0.137. The molecule has 7 heteroatoms. The van der Waals surface area contributed by atoms with Crippen molar-refractivity contribution in [1.82, 2.24) is 4.90 Å². The Bertz CT molecular complexity index is 571. The standard InChI is InChI=1S/C17H22Cl2N2O3/c18-15-4-3-13(10-16(15)19)20-5-7-21(8-6-20)17(22)12-23-11-14-2-1-9-24-14/h3-4,10,14H,1-2,5-9,11-12H2. The maximum atomic E-state index is 12.2. The van der Waals surface area contributed by atoms with Gasteiger partial charge in [-0.3, -0.25) is 4.79 Å². The fraction of sp³-hybridized carbons (Fsp3) is 0.588. The summed E-state index contributed by atoms with van der Waals surface area (Å²) in [5, 5.41) is 1.10. The fourth-order valence-corrected chi connectivity index (χ4v) is 3.33. The van der Waals surface area contributed by atoms with Crippen molar-refractivity contribution in [2.45, 2.75) is 18.9 Å². The Morgan fingerprint density at radius 3 is 2.67 bits per heavy atom. The van der Waals surface area contributed by atoms with E-state index < -0.39 is 0 Å². The van der Waals surface area contributed by atoms with E-state index in [-0.39, 0.29) is 18.6 Å². The number of hydrogen-bond donors (Lipinski definition) is 0. The number of rotatable bonds is 5. The number of hydrogen-bond acceptors (Lipinski definition) is 4. The maximum absolute atomic E-state index is 12.2. The first kappa shape index (κ1) is 17.8. The summed E-state index contributed by atoms with van der Waals surface area (Å²) in [6.07, 6.45) is 2.26. The molecule has 5 nitrogen and oxygen atoms in total. The summed E-state index contributed by atoms with van der Waals surface area (Å²) in [7, 11) is 0. The van der Waals surface area contributed by atoms with E-state index in [0.717, 1.165) is 38.2 Å². The van der Waals surface area contributed by atoms with Crippen LogP contribution in [-0.4, -0.2) is 62.9 Å². The van der Waals surface area contributed by atoms with E-state index in [4.69, 9.17) is 32.7 Å². The van der Waals surface area contributed by atoms with Gasteiger partial charge in [-0.1, -0.05) is 23.2 Å². The molecule has 24 heavy (non-hydrogen) atoms. The number of benzene rings is 1. The predicted molar refractivity (Wildman–Crippen MR) is 95.0 cm³/mol. The number of halogens is 2. The second-order valence-electron chi connectivity index (χ2n) is 6.12. The van der Waals surface area contributed by atoms with Gasteiger partial charge in [-0.05, 0) is 31.0 Å². The number of amides is 1. The van der Waals surface area contributed by atoms with E-state index in [1.807, 2.05) is 17.0 Å². The third-order valence-electron chi connectivity index (χ3n) is 4.45. The van der Waals surface area contributed by atoms with Crippen molar-refractivity contribution in [3.8, 4) is 0 Å². The highest BCUT2D eigenvalue weighted by Gasteiger charge is 2.22. The van der Waals surface area contributed by atoms with Gasteiger partial charge in [-0.25, -0.2) is 0 Å². The van der Waals surface area contributed by atoms with Crippen molar-refractivity contribution in [2.24, 2.45) is 0 Å². The molecule has 2 heterocycles. The van der Waals surface area contributed by atoms with Crippen LogP contribution in [0.5, 0.6) is 0 Å². The lowest BCUT2D eigenvalue weighted by atomic mass is 10.2. The first-order valence-electron chi connectivity index (χ1n) is 8.30. The Morgan fingerprint density at radius 1 is 1.21 bits per heavy atom. The van der Waals surface area contributed by atoms with E-state index >= 15 is 0 Å². The Morgan fingerprint density at radius 2 is 2.00 bits per heavy atom. The number of carbonyl (C=O) groups excluding carboxylic acids is 1. The molecular weight excluding hydrogens is 351 g/mol. The number of anilines is 1. The quantitative estimate of drug-likeness (QED) is 0.796. The van der Waals surface area contributed by atoms with Crippen LogP contribution in [0.15, 0.2) is 18.2 Å². The van der Waals surface area contributed by atoms with Crippen LogP contribution in [0.4, 0.5) is 5.69 Å². The molecular formula is C17H22Cl2N2O3. The molecule has 2 saturated heterocycles. The van der Waals surface area contributed by atoms with E-state index in [1.165, 1.54) is 0 Å². The average Bonchev–Trinajstić information content (AvgIpc) is 3.11. The van der Waals surface area contributed by atoms with Crippen LogP contribution in [-0.2, 0) is 14.3 Å². The van der Waals surface area contributed by atoms with Crippen molar-refractivity contribution in [3.05, 3.63) is 28.2 Å². The Balaban J connectivity index is 1.42. The summed E-state index contributed by atoms with van der Waals surface area (Å²) in [5.41, 5.74) is 1.03. The van der Waals surface area contributed by atoms with E-state index in [9.17, 15) is 4.79 Å². The lowest BCUT2D eigenvalue weighted by Crippen LogP contribution is -2.49. The molecule has 0 bridgehead atoms. The van der Waals surface area contributed by atoms with Crippen LogP contribution in [0.2, 0.25) is 10.0 Å². The highest BCUT2D eigenvalue weighted by Crippen LogP contribution is 2.27. The van der Waals surface area contributed by atoms with E-state index in [2.05, 4.69) is 4.90 Å². The molecule has 132 valence electrons. The zero-order valence-corrected chi connectivity index (χ0v) is 15.1. The second-order valence-corrected chi connectivity index (χ2v) is 6.93. The van der Waals surface area contributed by atoms with Gasteiger partial charge in [0.15, 0.2) is 0 Å². The molecule has 1 amide bonds. The average molecular weight is 373 g/mol. The van der Waals surface area contributed by atoms with Gasteiger partial charge in [0.2, 0.25) is 5.91 Å². The molecule has 2 aliphatic heterocycles. The van der Waals surface area contributed by atoms with Crippen molar-refractivity contribution < 1.29 is 14.3 Å². The monoisotopic (exact) mass is 372 g/mol. The van der Waals surface area contributed by atoms with Crippen molar-refractivity contribution in [2.75, 3.05) is 50.9 Å². The van der Waals surface area contributed by atoms with Gasteiger partial charge in [0.25, 0.3) is 0 Å². The van der Waals surface area contributed by atoms with Gasteiger partial charge in [0.05, 0.1) is 22.8 Å². The van der Waals surface area contributed by atoms with Crippen molar-refractivity contribution in [3.63, 3.8) is 0 Å². The summed E-state index contributed by atoms with van der Waals surface area (Å²) in [6, 6.07) is 5.62. The fourth-order valence-electron chi connectivity index (χ4n) is 3.04. The molecule has 0 radical (unpaired) electrons. The summed E-state index contributed by atoms with van der Waals surface area (Å²) in [5.74, 6) is 0.0433. The van der Waals surface area contributed by atoms with Crippen LogP contribution in [0.3, 0.4) is 0 Å². The number of carbonyl (C=O) groups is 1. The molecule has 0 aliphatic carbocycles. The Hall–Kier alpha value is -1.01. The maximum Gasteiger partial charge on any atom is 0.248 e. The molecule has 1 aromatic carbocycles. The van der Waals surface area contributed by atoms with Crippen LogP contribution in [0, 0.1) is 0 Å². The van der Waals surface area contributed by atoms with Gasteiger partial charge in [0, 0.05) is 38.5 Å². The first-order chi connectivity index (χ1) is 11.6. The summed E-state index contributed by atoms with van der Waals surface area (Å²) >= 11 is 12.0. The summed E-state index contributed by atoms with van der Waals surface area (Å²) in [6.45, 7) is 4.36. The van der Waals surface area contributed by atoms with E-state index in [0.29, 0.717) is 29.7 Å². The van der Waals surface area contributed by atoms with Gasteiger partial charge in [-0.2, -0.15) is 0 Å². The Kier molecular flexibility index (Phi) is 6.22. The molecule has 0 saturated carbocycles. The van der Waals surface area contributed by atoms with Crippen LogP contribution < -0.4 is 4.90 Å². The van der Waals surface area contributed by atoms with Gasteiger partial charge in [-0.15, -0.1) is 0 Å². The van der Waals surface area contributed by atoms with E-state index in [1.54, 1.807) is 6.07 Å². The highest BCUT2D eigenvalue weighted by molar-refractivity contribution is 6.42. The smallest absolute Gasteiger partial charge is 0.248 e. The molecule has 1 atom stereocenters. The molecule has 2 fully saturated rings. The van der Waals surface area contributed by atoms with Gasteiger partial charge < -0.3 is 19.3 Å². The molecule has 2 aliphatic rings. The largest absolute Gasteiger partial charge is 0.376 e. The Labute approximate surface area is 152 Å². The minimum absolute atomic E-state index is 0.0433. The molecule has 3 rings (SSSR count). The molecule has 1 aromatic rings. The van der Waals surface area contributed by atoms with Crippen molar-refractivity contribution in [1.29, 1.82) is 0 Å². The minimum Gasteiger partial charge on any atom is -0.376 e. The third-order valence-corrected chi connectivity index (χ3v) is 5.19. The van der Waals surface area contributed by atoms with Crippen LogP contribution in [0.1, 0.15) is 12.8 Å². The zero-order chi connectivity index (χ0) is 16.9. The predicted octanol–water partition coefficient (Wildman–Crippen LogP) is 2.84. The number of nitrogens with zero attached hydrogens (tertiary/aromatic N) is 2. The minimum atomic E-state index is 0.0433. The molecule has 1 unspecified atom stereocenters. The lowest BCUT2D eigenvalue weighted by Gasteiger charge is -2.36. The number of ether oxygens (including phenoxy) is 2. The number of piperazine rings is 1. The summed E-state index contributed by atoms with van der Waals surface area (Å²) < 4.78 is 11.0. The van der Waals surface area contributed by atoms with Gasteiger partial charge in [0.1, 0.15) is 6.61 Å². The van der Waals surface area contributed by atoms with Crippen molar-refractivity contribution >= 4 is 34.8 Å². The topological polar surface area (TPSA) is 42.0 Å².